The topological polar surface area (TPSA) is 99.6 Å². The number of benzene rings is 1. The number of aromatic nitrogens is 2. The van der Waals surface area contributed by atoms with E-state index in [1.807, 2.05) is 24.3 Å². The second-order valence-electron chi connectivity index (χ2n) is 5.34. The Hall–Kier alpha value is -3.29. The largest absolute Gasteiger partial charge is 0.493 e. The van der Waals surface area contributed by atoms with Crippen molar-refractivity contribution < 1.29 is 23.2 Å². The number of ether oxygens (including phenoxy) is 2. The number of furan rings is 1. The van der Waals surface area contributed by atoms with Gasteiger partial charge in [-0.15, -0.1) is 0 Å². The molecule has 0 saturated heterocycles. The summed E-state index contributed by atoms with van der Waals surface area (Å²) >= 11 is 0. The molecule has 2 heterocycles. The van der Waals surface area contributed by atoms with Crippen LogP contribution in [-0.2, 0) is 11.2 Å². The van der Waals surface area contributed by atoms with Crippen LogP contribution in [0.2, 0.25) is 0 Å². The maximum atomic E-state index is 11.9. The Balaban J connectivity index is 1.37. The van der Waals surface area contributed by atoms with Crippen LogP contribution in [0.1, 0.15) is 12.3 Å². The Morgan fingerprint density at radius 3 is 2.81 bits per heavy atom. The summed E-state index contributed by atoms with van der Waals surface area (Å²) in [5.74, 6) is 2.46. The zero-order chi connectivity index (χ0) is 18.2. The van der Waals surface area contributed by atoms with E-state index in [9.17, 15) is 4.79 Å². The lowest BCUT2D eigenvalue weighted by Crippen LogP contribution is -2.28. The van der Waals surface area contributed by atoms with Crippen molar-refractivity contribution in [1.29, 1.82) is 0 Å². The Labute approximate surface area is 150 Å². The van der Waals surface area contributed by atoms with Crippen molar-refractivity contribution in [2.45, 2.75) is 12.8 Å². The minimum Gasteiger partial charge on any atom is -0.493 e. The summed E-state index contributed by atoms with van der Waals surface area (Å²) in [7, 11) is 1.58. The quantitative estimate of drug-likeness (QED) is 0.587. The van der Waals surface area contributed by atoms with Crippen LogP contribution in [0.4, 0.5) is 0 Å². The first-order valence-electron chi connectivity index (χ1n) is 8.15. The van der Waals surface area contributed by atoms with E-state index in [2.05, 4.69) is 15.5 Å². The van der Waals surface area contributed by atoms with Gasteiger partial charge < -0.3 is 23.7 Å². The third kappa shape index (κ3) is 4.62. The monoisotopic (exact) mass is 357 g/mol. The minimum atomic E-state index is -0.119. The number of hydrogen-bond donors (Lipinski definition) is 1. The molecule has 0 aliphatic carbocycles. The van der Waals surface area contributed by atoms with Crippen molar-refractivity contribution in [2.24, 2.45) is 0 Å². The van der Waals surface area contributed by atoms with Gasteiger partial charge in [-0.1, -0.05) is 17.3 Å². The molecular formula is C18H19N3O5. The Morgan fingerprint density at radius 2 is 2.04 bits per heavy atom. The van der Waals surface area contributed by atoms with Crippen LogP contribution in [-0.4, -0.2) is 36.3 Å². The Bertz CT molecular complexity index is 829. The van der Waals surface area contributed by atoms with Crippen LogP contribution >= 0.6 is 0 Å². The summed E-state index contributed by atoms with van der Waals surface area (Å²) in [5, 5.41) is 6.60. The van der Waals surface area contributed by atoms with Crippen LogP contribution in [0.15, 0.2) is 51.6 Å². The predicted octanol–water partition coefficient (Wildman–Crippen LogP) is 2.47. The lowest BCUT2D eigenvalue weighted by atomic mass is 10.3. The molecule has 0 fully saturated rings. The van der Waals surface area contributed by atoms with E-state index >= 15 is 0 Å². The first kappa shape index (κ1) is 17.5. The SMILES string of the molecule is COc1ccccc1OCCNC(=O)CCc1nc(-c2ccco2)no1. The molecule has 1 amide bonds. The molecule has 1 aromatic carbocycles. The van der Waals surface area contributed by atoms with E-state index in [4.69, 9.17) is 18.4 Å². The van der Waals surface area contributed by atoms with E-state index in [-0.39, 0.29) is 12.3 Å². The third-order valence-electron chi connectivity index (χ3n) is 3.53. The van der Waals surface area contributed by atoms with Gasteiger partial charge in [0.05, 0.1) is 19.9 Å². The molecule has 2 aromatic heterocycles. The van der Waals surface area contributed by atoms with Crippen LogP contribution < -0.4 is 14.8 Å². The molecule has 0 unspecified atom stereocenters. The van der Waals surface area contributed by atoms with Gasteiger partial charge in [-0.25, -0.2) is 0 Å². The van der Waals surface area contributed by atoms with Gasteiger partial charge in [0.25, 0.3) is 0 Å². The van der Waals surface area contributed by atoms with E-state index in [0.717, 1.165) is 0 Å². The molecule has 3 rings (SSSR count). The van der Waals surface area contributed by atoms with Crippen LogP contribution in [0.3, 0.4) is 0 Å². The molecule has 136 valence electrons. The lowest BCUT2D eigenvalue weighted by Gasteiger charge is -2.10. The number of amides is 1. The van der Waals surface area contributed by atoms with Crippen LogP contribution in [0.25, 0.3) is 11.6 Å². The molecule has 26 heavy (non-hydrogen) atoms. The maximum Gasteiger partial charge on any atom is 0.238 e. The number of aryl methyl sites for hydroxylation is 1. The first-order chi connectivity index (χ1) is 12.8. The highest BCUT2D eigenvalue weighted by Gasteiger charge is 2.12. The van der Waals surface area contributed by atoms with E-state index in [1.165, 1.54) is 6.26 Å². The standard InChI is InChI=1S/C18H19N3O5/c1-23-13-5-2-3-6-14(13)25-12-10-19-16(22)8-9-17-20-18(21-26-17)15-7-4-11-24-15/h2-7,11H,8-10,12H2,1H3,(H,19,22). The van der Waals surface area contributed by atoms with Crippen molar-refractivity contribution in [1.82, 2.24) is 15.5 Å². The highest BCUT2D eigenvalue weighted by atomic mass is 16.5. The van der Waals surface area contributed by atoms with E-state index < -0.39 is 0 Å². The number of nitrogens with one attached hydrogen (secondary N) is 1. The smallest absolute Gasteiger partial charge is 0.238 e. The summed E-state index contributed by atoms with van der Waals surface area (Å²) in [4.78, 5) is 16.1. The maximum absolute atomic E-state index is 11.9. The summed E-state index contributed by atoms with van der Waals surface area (Å²) in [5.41, 5.74) is 0. The second-order valence-corrected chi connectivity index (χ2v) is 5.34. The first-order valence-corrected chi connectivity index (χ1v) is 8.15. The number of methoxy groups -OCH3 is 1. The molecule has 0 atom stereocenters. The fourth-order valence-corrected chi connectivity index (χ4v) is 2.26. The highest BCUT2D eigenvalue weighted by molar-refractivity contribution is 5.76. The van der Waals surface area contributed by atoms with Gasteiger partial charge in [0, 0.05) is 12.8 Å². The molecule has 0 spiro atoms. The average molecular weight is 357 g/mol. The summed E-state index contributed by atoms with van der Waals surface area (Å²) in [6.07, 6.45) is 2.13. The van der Waals surface area contributed by atoms with Gasteiger partial charge in [0.2, 0.25) is 17.6 Å². The summed E-state index contributed by atoms with van der Waals surface area (Å²) in [6, 6.07) is 10.8. The van der Waals surface area contributed by atoms with Crippen molar-refractivity contribution in [3.63, 3.8) is 0 Å². The average Bonchev–Trinajstić information content (AvgIpc) is 3.35. The summed E-state index contributed by atoms with van der Waals surface area (Å²) in [6.45, 7) is 0.730. The minimum absolute atomic E-state index is 0.119. The molecule has 1 N–H and O–H groups in total. The zero-order valence-electron chi connectivity index (χ0n) is 14.3. The molecule has 8 nitrogen and oxygen atoms in total. The number of nitrogens with zero attached hydrogens (tertiary/aromatic N) is 2. The molecule has 0 saturated carbocycles. The van der Waals surface area contributed by atoms with Gasteiger partial charge >= 0.3 is 0 Å². The van der Waals surface area contributed by atoms with E-state index in [0.29, 0.717) is 48.5 Å². The van der Waals surface area contributed by atoms with Gasteiger partial charge in [-0.05, 0) is 24.3 Å². The highest BCUT2D eigenvalue weighted by Crippen LogP contribution is 2.25. The van der Waals surface area contributed by atoms with Gasteiger partial charge in [-0.3, -0.25) is 4.79 Å². The number of rotatable bonds is 9. The Kier molecular flexibility index (Phi) is 5.87. The second kappa shape index (κ2) is 8.70. The molecule has 8 heteroatoms. The van der Waals surface area contributed by atoms with Crippen molar-refractivity contribution in [3.05, 3.63) is 48.6 Å². The third-order valence-corrected chi connectivity index (χ3v) is 3.53. The molecule has 0 radical (unpaired) electrons. The molecule has 0 aliphatic heterocycles. The zero-order valence-corrected chi connectivity index (χ0v) is 14.3. The molecule has 0 bridgehead atoms. The van der Waals surface area contributed by atoms with Crippen LogP contribution in [0, 0.1) is 0 Å². The van der Waals surface area contributed by atoms with Crippen molar-refractivity contribution in [3.8, 4) is 23.1 Å². The van der Waals surface area contributed by atoms with Crippen molar-refractivity contribution >= 4 is 5.91 Å². The predicted molar refractivity (Wildman–Crippen MR) is 91.8 cm³/mol. The number of carbonyl (C=O) groups is 1. The van der Waals surface area contributed by atoms with Gasteiger partial charge in [-0.2, -0.15) is 4.98 Å². The van der Waals surface area contributed by atoms with Crippen molar-refractivity contribution in [2.75, 3.05) is 20.3 Å². The van der Waals surface area contributed by atoms with Gasteiger partial charge in [0.15, 0.2) is 17.3 Å². The molecule has 3 aromatic rings. The number of para-hydroxylation sites is 2. The fraction of sp³-hybridized carbons (Fsp3) is 0.278. The number of carbonyl (C=O) groups excluding carboxylic acids is 1. The number of hydrogen-bond acceptors (Lipinski definition) is 7. The van der Waals surface area contributed by atoms with Gasteiger partial charge in [0.1, 0.15) is 6.61 Å². The lowest BCUT2D eigenvalue weighted by molar-refractivity contribution is -0.121. The fourth-order valence-electron chi connectivity index (χ4n) is 2.26. The molecule has 0 aliphatic rings. The Morgan fingerprint density at radius 1 is 1.19 bits per heavy atom. The van der Waals surface area contributed by atoms with Crippen LogP contribution in [0.5, 0.6) is 11.5 Å². The molecular weight excluding hydrogens is 338 g/mol. The normalized spacial score (nSPS) is 10.5. The summed E-state index contributed by atoms with van der Waals surface area (Å²) < 4.78 is 21.1. The van der Waals surface area contributed by atoms with E-state index in [1.54, 1.807) is 19.2 Å².